The van der Waals surface area contributed by atoms with E-state index >= 15 is 0 Å². The van der Waals surface area contributed by atoms with Crippen LogP contribution in [0.5, 0.6) is 0 Å². The van der Waals surface area contributed by atoms with Crippen molar-refractivity contribution in [3.05, 3.63) is 40.0 Å². The molecule has 0 fully saturated rings. The van der Waals surface area contributed by atoms with Gasteiger partial charge in [0.15, 0.2) is 6.33 Å². The first-order valence-electron chi connectivity index (χ1n) is 5.67. The molecule has 0 radical (unpaired) electrons. The summed E-state index contributed by atoms with van der Waals surface area (Å²) in [6.07, 6.45) is 1.82. The largest absolute Gasteiger partial charge is 0.398 e. The number of carbonyl (C=O) groups is 1. The number of anilines is 1. The van der Waals surface area contributed by atoms with Gasteiger partial charge in [-0.3, -0.25) is 4.79 Å². The van der Waals surface area contributed by atoms with Crippen molar-refractivity contribution in [1.82, 2.24) is 15.5 Å². The highest BCUT2D eigenvalue weighted by atomic mass is 79.9. The lowest BCUT2D eigenvalue weighted by Crippen LogP contribution is -2.26. The van der Waals surface area contributed by atoms with Crippen LogP contribution in [0.3, 0.4) is 0 Å². The molecule has 0 bridgehead atoms. The van der Waals surface area contributed by atoms with Gasteiger partial charge in [0.05, 0.1) is 0 Å². The van der Waals surface area contributed by atoms with Gasteiger partial charge < -0.3 is 15.6 Å². The van der Waals surface area contributed by atoms with Crippen LogP contribution in [0.2, 0.25) is 0 Å². The lowest BCUT2D eigenvalue weighted by atomic mass is 10.1. The van der Waals surface area contributed by atoms with Crippen molar-refractivity contribution in [2.24, 2.45) is 0 Å². The van der Waals surface area contributed by atoms with Crippen LogP contribution >= 0.6 is 15.9 Å². The predicted molar refractivity (Wildman–Crippen MR) is 73.6 cm³/mol. The van der Waals surface area contributed by atoms with Crippen LogP contribution < -0.4 is 11.1 Å². The molecule has 3 N–H and O–H groups in total. The summed E-state index contributed by atoms with van der Waals surface area (Å²) >= 11 is 3.32. The van der Waals surface area contributed by atoms with Crippen LogP contribution in [0.15, 0.2) is 27.5 Å². The van der Waals surface area contributed by atoms with Gasteiger partial charge in [-0.1, -0.05) is 21.1 Å². The van der Waals surface area contributed by atoms with Gasteiger partial charge in [0.25, 0.3) is 5.91 Å². The van der Waals surface area contributed by atoms with E-state index in [0.29, 0.717) is 30.1 Å². The smallest absolute Gasteiger partial charge is 0.251 e. The van der Waals surface area contributed by atoms with E-state index in [1.165, 1.54) is 6.33 Å². The van der Waals surface area contributed by atoms with Crippen LogP contribution in [-0.2, 0) is 6.42 Å². The van der Waals surface area contributed by atoms with Gasteiger partial charge in [-0.15, -0.1) is 0 Å². The molecule has 1 heterocycles. The van der Waals surface area contributed by atoms with E-state index in [-0.39, 0.29) is 5.91 Å². The Hall–Kier alpha value is -1.89. The number of benzene rings is 1. The second-order valence-electron chi connectivity index (χ2n) is 4.01. The van der Waals surface area contributed by atoms with Gasteiger partial charge in [0, 0.05) is 28.7 Å². The van der Waals surface area contributed by atoms with Crippen LogP contribution in [0.25, 0.3) is 0 Å². The SMILES string of the molecule is Cc1c(N)cc(Br)cc1C(=O)NCCc1ncno1. The molecule has 1 aromatic heterocycles. The number of amides is 1. The Kier molecular flexibility index (Phi) is 4.16. The number of nitrogens with zero attached hydrogens (tertiary/aromatic N) is 2. The number of hydrogen-bond donors (Lipinski definition) is 2. The number of aromatic nitrogens is 2. The summed E-state index contributed by atoms with van der Waals surface area (Å²) in [7, 11) is 0. The fraction of sp³-hybridized carbons (Fsp3) is 0.250. The Balaban J connectivity index is 2.00. The highest BCUT2D eigenvalue weighted by Crippen LogP contribution is 2.22. The van der Waals surface area contributed by atoms with Crippen LogP contribution in [0.4, 0.5) is 5.69 Å². The minimum atomic E-state index is -0.176. The van der Waals surface area contributed by atoms with E-state index in [1.807, 2.05) is 6.92 Å². The topological polar surface area (TPSA) is 94.0 Å². The summed E-state index contributed by atoms with van der Waals surface area (Å²) in [6.45, 7) is 2.24. The van der Waals surface area contributed by atoms with Crippen LogP contribution in [-0.4, -0.2) is 22.6 Å². The Bertz CT molecular complexity index is 584. The third-order valence-electron chi connectivity index (χ3n) is 2.69. The molecule has 0 atom stereocenters. The Morgan fingerprint density at radius 1 is 1.53 bits per heavy atom. The van der Waals surface area contributed by atoms with Crippen LogP contribution in [0, 0.1) is 6.92 Å². The van der Waals surface area contributed by atoms with Crippen molar-refractivity contribution in [2.75, 3.05) is 12.3 Å². The zero-order valence-electron chi connectivity index (χ0n) is 10.3. The second-order valence-corrected chi connectivity index (χ2v) is 4.92. The van der Waals surface area contributed by atoms with Crippen molar-refractivity contribution < 1.29 is 9.32 Å². The van der Waals surface area contributed by atoms with E-state index in [0.717, 1.165) is 10.0 Å². The molecule has 1 amide bonds. The maximum absolute atomic E-state index is 12.0. The minimum Gasteiger partial charge on any atom is -0.398 e. The molecular formula is C12H13BrN4O2. The average molecular weight is 325 g/mol. The van der Waals surface area contributed by atoms with Crippen molar-refractivity contribution in [2.45, 2.75) is 13.3 Å². The van der Waals surface area contributed by atoms with Gasteiger partial charge in [-0.05, 0) is 24.6 Å². The molecule has 6 nitrogen and oxygen atoms in total. The third kappa shape index (κ3) is 3.31. The molecule has 0 aliphatic rings. The third-order valence-corrected chi connectivity index (χ3v) is 3.15. The predicted octanol–water partition coefficient (Wildman–Crippen LogP) is 1.70. The number of halogens is 1. The molecule has 0 aliphatic carbocycles. The van der Waals surface area contributed by atoms with Gasteiger partial charge in [-0.2, -0.15) is 4.98 Å². The number of nitrogens with two attached hydrogens (primary N) is 1. The molecule has 2 aromatic rings. The normalized spacial score (nSPS) is 10.4. The zero-order chi connectivity index (χ0) is 13.8. The number of nitrogen functional groups attached to an aromatic ring is 1. The molecule has 7 heteroatoms. The molecule has 0 saturated carbocycles. The molecule has 2 rings (SSSR count). The van der Waals surface area contributed by atoms with Crippen molar-refractivity contribution >= 4 is 27.5 Å². The van der Waals surface area contributed by atoms with Gasteiger partial charge in [0.2, 0.25) is 5.89 Å². The first kappa shape index (κ1) is 13.5. The van der Waals surface area contributed by atoms with E-state index in [1.54, 1.807) is 12.1 Å². The van der Waals surface area contributed by atoms with E-state index in [4.69, 9.17) is 10.3 Å². The molecular weight excluding hydrogens is 312 g/mol. The van der Waals surface area contributed by atoms with Gasteiger partial charge in [0.1, 0.15) is 0 Å². The first-order valence-corrected chi connectivity index (χ1v) is 6.46. The van der Waals surface area contributed by atoms with E-state index in [9.17, 15) is 4.79 Å². The fourth-order valence-electron chi connectivity index (χ4n) is 1.62. The van der Waals surface area contributed by atoms with Gasteiger partial charge in [-0.25, -0.2) is 0 Å². The summed E-state index contributed by atoms with van der Waals surface area (Å²) in [5.74, 6) is 0.316. The minimum absolute atomic E-state index is 0.176. The fourth-order valence-corrected chi connectivity index (χ4v) is 2.10. The standard InChI is InChI=1S/C12H13BrN4O2/c1-7-9(4-8(13)5-10(7)14)12(18)15-3-2-11-16-6-17-19-11/h4-6H,2-3,14H2,1H3,(H,15,18). The monoisotopic (exact) mass is 324 g/mol. The Labute approximate surface area is 118 Å². The van der Waals surface area contributed by atoms with Crippen molar-refractivity contribution in [3.8, 4) is 0 Å². The number of rotatable bonds is 4. The lowest BCUT2D eigenvalue weighted by Gasteiger charge is -2.09. The van der Waals surface area contributed by atoms with Crippen LogP contribution in [0.1, 0.15) is 21.8 Å². The number of carbonyl (C=O) groups excluding carboxylic acids is 1. The highest BCUT2D eigenvalue weighted by Gasteiger charge is 2.12. The summed E-state index contributed by atoms with van der Waals surface area (Å²) in [6, 6.07) is 3.51. The zero-order valence-corrected chi connectivity index (χ0v) is 11.9. The molecule has 100 valence electrons. The molecule has 0 unspecified atom stereocenters. The van der Waals surface area contributed by atoms with E-state index in [2.05, 4.69) is 31.4 Å². The summed E-state index contributed by atoms with van der Waals surface area (Å²) in [5, 5.41) is 6.28. The molecule has 1 aromatic carbocycles. The molecule has 0 aliphatic heterocycles. The summed E-state index contributed by atoms with van der Waals surface area (Å²) in [5.41, 5.74) is 7.72. The van der Waals surface area contributed by atoms with Crippen molar-refractivity contribution in [1.29, 1.82) is 0 Å². The number of nitrogens with one attached hydrogen (secondary N) is 1. The average Bonchev–Trinajstić information content (AvgIpc) is 2.86. The van der Waals surface area contributed by atoms with Gasteiger partial charge >= 0.3 is 0 Å². The maximum Gasteiger partial charge on any atom is 0.251 e. The van der Waals surface area contributed by atoms with E-state index < -0.39 is 0 Å². The maximum atomic E-state index is 12.0. The Morgan fingerprint density at radius 3 is 3.00 bits per heavy atom. The van der Waals surface area contributed by atoms with Crippen molar-refractivity contribution in [3.63, 3.8) is 0 Å². The quantitative estimate of drug-likeness (QED) is 0.835. The second kappa shape index (κ2) is 5.83. The lowest BCUT2D eigenvalue weighted by molar-refractivity contribution is 0.0953. The summed E-state index contributed by atoms with van der Waals surface area (Å²) < 4.78 is 5.62. The summed E-state index contributed by atoms with van der Waals surface area (Å²) in [4.78, 5) is 15.9. The Morgan fingerprint density at radius 2 is 2.32 bits per heavy atom. The molecule has 0 saturated heterocycles. The first-order chi connectivity index (χ1) is 9.08. The molecule has 0 spiro atoms. The highest BCUT2D eigenvalue weighted by molar-refractivity contribution is 9.10. The molecule has 19 heavy (non-hydrogen) atoms. The number of hydrogen-bond acceptors (Lipinski definition) is 5.